The fourth-order valence-corrected chi connectivity index (χ4v) is 5.56. The topological polar surface area (TPSA) is 94.0 Å². The van der Waals surface area contributed by atoms with Crippen LogP contribution in [0.2, 0.25) is 0 Å². The summed E-state index contributed by atoms with van der Waals surface area (Å²) in [5, 5.41) is 21.7. The average molecular weight is 501 g/mol. The van der Waals surface area contributed by atoms with Crippen LogP contribution in [0.25, 0.3) is 0 Å². The molecule has 2 aromatic carbocycles. The highest BCUT2D eigenvalue weighted by Crippen LogP contribution is 2.42. The second-order valence-electron chi connectivity index (χ2n) is 7.94. The number of thioether (sulfide) groups is 1. The highest BCUT2D eigenvalue weighted by molar-refractivity contribution is 8.03. The van der Waals surface area contributed by atoms with E-state index < -0.39 is 5.92 Å². The van der Waals surface area contributed by atoms with Crippen LogP contribution in [0.5, 0.6) is 0 Å². The quantitative estimate of drug-likeness (QED) is 0.383. The molecule has 176 valence electrons. The number of hydrogen-bond acceptors (Lipinski definition) is 6. The lowest BCUT2D eigenvalue weighted by atomic mass is 9.86. The lowest BCUT2D eigenvalue weighted by molar-refractivity contribution is -0.114. The number of carbonyl (C=O) groups is 2. The van der Waals surface area contributed by atoms with Gasteiger partial charge in [-0.15, -0.1) is 11.3 Å². The van der Waals surface area contributed by atoms with E-state index in [1.807, 2.05) is 86.0 Å². The number of carbonyl (C=O) groups excluding carboxylic acids is 2. The average Bonchev–Trinajstić information content (AvgIpc) is 3.39. The summed E-state index contributed by atoms with van der Waals surface area (Å²) in [5.41, 5.74) is 3.96. The summed E-state index contributed by atoms with van der Waals surface area (Å²) in [7, 11) is 0. The molecule has 0 aliphatic carbocycles. The molecule has 0 saturated heterocycles. The van der Waals surface area contributed by atoms with E-state index in [0.717, 1.165) is 16.1 Å². The first-order valence-electron chi connectivity index (χ1n) is 11.0. The van der Waals surface area contributed by atoms with Crippen molar-refractivity contribution in [3.05, 3.63) is 104 Å². The summed E-state index contributed by atoms with van der Waals surface area (Å²) in [5.74, 6) is -0.839. The number of para-hydroxylation sites is 2. The van der Waals surface area contributed by atoms with Crippen LogP contribution >= 0.6 is 23.1 Å². The lowest BCUT2D eigenvalue weighted by Gasteiger charge is -2.29. The molecule has 0 unspecified atom stereocenters. The number of nitrogens with one attached hydrogen (secondary N) is 3. The minimum absolute atomic E-state index is 0.123. The molecule has 1 atom stereocenters. The molecule has 1 aliphatic rings. The number of rotatable bonds is 7. The van der Waals surface area contributed by atoms with Gasteiger partial charge in [-0.25, -0.2) is 0 Å². The Kier molecular flexibility index (Phi) is 7.70. The predicted octanol–water partition coefficient (Wildman–Crippen LogP) is 5.76. The Labute approximate surface area is 212 Å². The van der Waals surface area contributed by atoms with Crippen LogP contribution in [0.15, 0.2) is 94.0 Å². The Morgan fingerprint density at radius 3 is 2.46 bits per heavy atom. The number of aryl methyl sites for hydroxylation is 1. The standard InChI is InChI=1S/C27H24N4O2S2/c1-17-9-6-7-12-21(17)31-26(33)24-18(2)29-27(20(15-28)25(24)22-13-8-14-34-22)35-16-23(32)30-19-10-4-3-5-11-19/h3-14,25,29H,16H2,1-2H3,(H,30,32)(H,31,33)/t25-/m0/s1. The number of allylic oxidation sites excluding steroid dienone is 2. The Morgan fingerprint density at radius 1 is 1.03 bits per heavy atom. The summed E-state index contributed by atoms with van der Waals surface area (Å²) in [6.07, 6.45) is 0. The van der Waals surface area contributed by atoms with E-state index in [4.69, 9.17) is 0 Å². The van der Waals surface area contributed by atoms with Crippen molar-refractivity contribution in [3.8, 4) is 6.07 Å². The largest absolute Gasteiger partial charge is 0.353 e. The van der Waals surface area contributed by atoms with Gasteiger partial charge in [0.15, 0.2) is 0 Å². The highest BCUT2D eigenvalue weighted by atomic mass is 32.2. The molecule has 3 N–H and O–H groups in total. The molecular weight excluding hydrogens is 476 g/mol. The molecule has 2 heterocycles. The number of benzene rings is 2. The van der Waals surface area contributed by atoms with Gasteiger partial charge in [-0.2, -0.15) is 5.26 Å². The maximum absolute atomic E-state index is 13.5. The van der Waals surface area contributed by atoms with Gasteiger partial charge in [0.1, 0.15) is 0 Å². The maximum atomic E-state index is 13.5. The van der Waals surface area contributed by atoms with E-state index in [2.05, 4.69) is 22.0 Å². The molecule has 0 spiro atoms. The van der Waals surface area contributed by atoms with Gasteiger partial charge in [0, 0.05) is 27.5 Å². The number of amides is 2. The Hall–Kier alpha value is -3.80. The van der Waals surface area contributed by atoms with E-state index in [0.29, 0.717) is 27.6 Å². The molecule has 0 radical (unpaired) electrons. The van der Waals surface area contributed by atoms with E-state index in [-0.39, 0.29) is 17.6 Å². The predicted molar refractivity (Wildman–Crippen MR) is 143 cm³/mol. The number of nitrogens with zero attached hydrogens (tertiary/aromatic N) is 1. The van der Waals surface area contributed by atoms with Gasteiger partial charge in [0.2, 0.25) is 5.91 Å². The van der Waals surface area contributed by atoms with Gasteiger partial charge < -0.3 is 16.0 Å². The van der Waals surface area contributed by atoms with Crippen molar-refractivity contribution in [1.29, 1.82) is 5.26 Å². The van der Waals surface area contributed by atoms with E-state index >= 15 is 0 Å². The minimum atomic E-state index is -0.523. The van der Waals surface area contributed by atoms with Crippen LogP contribution in [0.4, 0.5) is 11.4 Å². The molecule has 2 amide bonds. The first-order chi connectivity index (χ1) is 17.0. The van der Waals surface area contributed by atoms with Gasteiger partial charge in [-0.1, -0.05) is 54.2 Å². The molecule has 3 aromatic rings. The monoisotopic (exact) mass is 500 g/mol. The summed E-state index contributed by atoms with van der Waals surface area (Å²) in [4.78, 5) is 26.9. The Balaban J connectivity index is 1.60. The molecule has 0 bridgehead atoms. The first kappa shape index (κ1) is 24.3. The van der Waals surface area contributed by atoms with Crippen LogP contribution < -0.4 is 16.0 Å². The zero-order valence-corrected chi connectivity index (χ0v) is 20.9. The fraction of sp³-hybridized carbons (Fsp3) is 0.148. The molecule has 6 nitrogen and oxygen atoms in total. The molecule has 4 rings (SSSR count). The summed E-state index contributed by atoms with van der Waals surface area (Å²) in [6.45, 7) is 3.76. The molecule has 1 aromatic heterocycles. The van der Waals surface area contributed by atoms with Crippen LogP contribution in [0.3, 0.4) is 0 Å². The highest BCUT2D eigenvalue weighted by Gasteiger charge is 2.35. The second kappa shape index (κ2) is 11.1. The van der Waals surface area contributed by atoms with Gasteiger partial charge in [0.25, 0.3) is 5.91 Å². The lowest BCUT2D eigenvalue weighted by Crippen LogP contribution is -2.31. The molecule has 35 heavy (non-hydrogen) atoms. The third kappa shape index (κ3) is 5.65. The van der Waals surface area contributed by atoms with Gasteiger partial charge in [-0.3, -0.25) is 9.59 Å². The van der Waals surface area contributed by atoms with Crippen molar-refractivity contribution >= 4 is 46.3 Å². The number of nitriles is 1. The second-order valence-corrected chi connectivity index (χ2v) is 9.90. The van der Waals surface area contributed by atoms with Crippen molar-refractivity contribution < 1.29 is 9.59 Å². The normalized spacial score (nSPS) is 15.3. The number of anilines is 2. The van der Waals surface area contributed by atoms with Crippen molar-refractivity contribution in [1.82, 2.24) is 5.32 Å². The first-order valence-corrected chi connectivity index (χ1v) is 12.8. The molecule has 0 fully saturated rings. The minimum Gasteiger partial charge on any atom is -0.353 e. The number of hydrogen-bond donors (Lipinski definition) is 3. The third-order valence-corrected chi connectivity index (χ3v) is 7.47. The molecule has 8 heteroatoms. The van der Waals surface area contributed by atoms with E-state index in [1.54, 1.807) is 0 Å². The zero-order valence-electron chi connectivity index (χ0n) is 19.3. The van der Waals surface area contributed by atoms with Crippen molar-refractivity contribution in [2.45, 2.75) is 19.8 Å². The van der Waals surface area contributed by atoms with Crippen LogP contribution in [0, 0.1) is 18.3 Å². The third-order valence-electron chi connectivity index (χ3n) is 5.52. The SMILES string of the molecule is CC1=C(C(=O)Nc2ccccc2C)[C@H](c2cccs2)C(C#N)=C(SCC(=O)Nc2ccccc2)N1. The van der Waals surface area contributed by atoms with Gasteiger partial charge in [-0.05, 0) is 49.1 Å². The Morgan fingerprint density at radius 2 is 1.77 bits per heavy atom. The molecule has 0 saturated carbocycles. The van der Waals surface area contributed by atoms with Gasteiger partial charge >= 0.3 is 0 Å². The molecule has 1 aliphatic heterocycles. The Bertz CT molecular complexity index is 1340. The van der Waals surface area contributed by atoms with E-state index in [9.17, 15) is 14.9 Å². The van der Waals surface area contributed by atoms with Gasteiger partial charge in [0.05, 0.1) is 28.3 Å². The van der Waals surface area contributed by atoms with Crippen molar-refractivity contribution in [2.24, 2.45) is 0 Å². The fourth-order valence-electron chi connectivity index (χ4n) is 3.83. The van der Waals surface area contributed by atoms with E-state index in [1.165, 1.54) is 23.1 Å². The maximum Gasteiger partial charge on any atom is 0.254 e. The number of thiophene rings is 1. The smallest absolute Gasteiger partial charge is 0.254 e. The molecular formula is C27H24N4O2S2. The summed E-state index contributed by atoms with van der Waals surface area (Å²) in [6, 6.07) is 22.9. The number of dihydropyridines is 1. The summed E-state index contributed by atoms with van der Waals surface area (Å²) < 4.78 is 0. The summed E-state index contributed by atoms with van der Waals surface area (Å²) >= 11 is 2.75. The zero-order chi connectivity index (χ0) is 24.8. The van der Waals surface area contributed by atoms with Crippen LogP contribution in [-0.4, -0.2) is 17.6 Å². The van der Waals surface area contributed by atoms with Crippen LogP contribution in [-0.2, 0) is 9.59 Å². The van der Waals surface area contributed by atoms with Crippen molar-refractivity contribution in [3.63, 3.8) is 0 Å². The van der Waals surface area contributed by atoms with Crippen molar-refractivity contribution in [2.75, 3.05) is 16.4 Å². The van der Waals surface area contributed by atoms with Crippen LogP contribution in [0.1, 0.15) is 23.3 Å².